The van der Waals surface area contributed by atoms with Crippen LogP contribution in [0.25, 0.3) is 0 Å². The molecule has 1 nitrogen and oxygen atoms in total. The summed E-state index contributed by atoms with van der Waals surface area (Å²) in [5, 5.41) is 0. The van der Waals surface area contributed by atoms with Crippen molar-refractivity contribution in [3.63, 3.8) is 0 Å². The lowest BCUT2D eigenvalue weighted by molar-refractivity contribution is 0.512. The topological polar surface area (TPSA) is 26.0 Å². The molecule has 0 heterocycles. The Bertz CT molecular complexity index is 292. The molecule has 0 aromatic carbocycles. The molecule has 1 aliphatic carbocycles. The third-order valence-corrected chi connectivity index (χ3v) is 2.02. The van der Waals surface area contributed by atoms with Gasteiger partial charge in [-0.05, 0) is 49.3 Å². The van der Waals surface area contributed by atoms with Crippen molar-refractivity contribution < 1.29 is 0 Å². The first-order chi connectivity index (χ1) is 5.83. The summed E-state index contributed by atoms with van der Waals surface area (Å²) < 4.78 is 0. The molecule has 1 heteroatoms. The Morgan fingerprint density at radius 2 is 1.92 bits per heavy atom. The summed E-state index contributed by atoms with van der Waals surface area (Å²) in [6.45, 7) is 3.39. The highest BCUT2D eigenvalue weighted by molar-refractivity contribution is 5.05. The van der Waals surface area contributed by atoms with Crippen molar-refractivity contribution >= 4 is 0 Å². The molecule has 1 saturated carbocycles. The van der Waals surface area contributed by atoms with Gasteiger partial charge in [-0.2, -0.15) is 0 Å². The van der Waals surface area contributed by atoms with Gasteiger partial charge < -0.3 is 5.73 Å². The molecule has 1 rings (SSSR count). The maximum Gasteiger partial charge on any atom is 0.00453 e. The van der Waals surface area contributed by atoms with E-state index in [0.29, 0.717) is 6.04 Å². The molecule has 0 unspecified atom stereocenters. The van der Waals surface area contributed by atoms with Gasteiger partial charge in [0, 0.05) is 6.04 Å². The molecule has 0 spiro atoms. The van der Waals surface area contributed by atoms with Crippen LogP contribution in [-0.4, -0.2) is 6.04 Å². The minimum absolute atomic E-state index is 0.384. The van der Waals surface area contributed by atoms with E-state index in [2.05, 4.69) is 29.5 Å². The lowest BCUT2D eigenvalue weighted by Crippen LogP contribution is -2.23. The Morgan fingerprint density at radius 1 is 1.25 bits per heavy atom. The molecule has 12 heavy (non-hydrogen) atoms. The Balaban J connectivity index is 2.73. The number of rotatable bonds is 0. The van der Waals surface area contributed by atoms with Crippen LogP contribution in [0.4, 0.5) is 0 Å². The van der Waals surface area contributed by atoms with Crippen LogP contribution < -0.4 is 5.73 Å². The van der Waals surface area contributed by atoms with E-state index < -0.39 is 0 Å². The quantitative estimate of drug-likeness (QED) is 0.538. The van der Waals surface area contributed by atoms with Crippen LogP contribution in [0, 0.1) is 0 Å². The summed E-state index contributed by atoms with van der Waals surface area (Å²) >= 11 is 0. The smallest absolute Gasteiger partial charge is 0.00453 e. The second-order valence-electron chi connectivity index (χ2n) is 2.99. The van der Waals surface area contributed by atoms with E-state index in [9.17, 15) is 0 Å². The van der Waals surface area contributed by atoms with Gasteiger partial charge in [-0.1, -0.05) is 11.5 Å². The zero-order valence-corrected chi connectivity index (χ0v) is 7.19. The summed E-state index contributed by atoms with van der Waals surface area (Å²) in [6.07, 6.45) is 4.24. The Kier molecular flexibility index (Phi) is 3.45. The van der Waals surface area contributed by atoms with Crippen LogP contribution in [0.2, 0.25) is 0 Å². The molecule has 0 bridgehead atoms. The SMILES string of the molecule is C=C=C=C=C=C1CCC(N)CC1. The van der Waals surface area contributed by atoms with Gasteiger partial charge in [-0.15, -0.1) is 0 Å². The average molecular weight is 159 g/mol. The fourth-order valence-electron chi connectivity index (χ4n) is 1.28. The van der Waals surface area contributed by atoms with Crippen LogP contribution in [0.15, 0.2) is 35.1 Å². The van der Waals surface area contributed by atoms with Gasteiger partial charge in [0.2, 0.25) is 0 Å². The summed E-state index contributed by atoms with van der Waals surface area (Å²) in [4.78, 5) is 0. The minimum Gasteiger partial charge on any atom is -0.328 e. The largest absolute Gasteiger partial charge is 0.328 e. The zero-order chi connectivity index (χ0) is 8.81. The first-order valence-corrected chi connectivity index (χ1v) is 4.21. The molecule has 0 aromatic heterocycles. The van der Waals surface area contributed by atoms with Crippen LogP contribution in [0.3, 0.4) is 0 Å². The molecule has 0 amide bonds. The molecular weight excluding hydrogens is 146 g/mol. The number of allylic oxidation sites excluding steroid dienone is 1. The first kappa shape index (κ1) is 8.91. The van der Waals surface area contributed by atoms with Crippen molar-refractivity contribution in [2.75, 3.05) is 0 Å². The first-order valence-electron chi connectivity index (χ1n) is 4.21. The summed E-state index contributed by atoms with van der Waals surface area (Å²) in [6, 6.07) is 0.384. The van der Waals surface area contributed by atoms with E-state index in [4.69, 9.17) is 5.73 Å². The summed E-state index contributed by atoms with van der Waals surface area (Å²) in [5.41, 5.74) is 18.0. The summed E-state index contributed by atoms with van der Waals surface area (Å²) in [5.74, 6) is 0. The van der Waals surface area contributed by atoms with E-state index >= 15 is 0 Å². The van der Waals surface area contributed by atoms with E-state index in [-0.39, 0.29) is 0 Å². The molecule has 62 valence electrons. The number of hydrogen-bond donors (Lipinski definition) is 1. The van der Waals surface area contributed by atoms with Crippen molar-refractivity contribution in [2.45, 2.75) is 31.7 Å². The van der Waals surface area contributed by atoms with Gasteiger partial charge in [0.05, 0.1) is 0 Å². The van der Waals surface area contributed by atoms with Gasteiger partial charge in [0.25, 0.3) is 0 Å². The Hall–Kier alpha value is -1.18. The van der Waals surface area contributed by atoms with Gasteiger partial charge in [-0.25, -0.2) is 0 Å². The fraction of sp³-hybridized carbons (Fsp3) is 0.455. The molecule has 0 radical (unpaired) electrons. The molecule has 1 fully saturated rings. The summed E-state index contributed by atoms with van der Waals surface area (Å²) in [7, 11) is 0. The third-order valence-electron chi connectivity index (χ3n) is 2.02. The van der Waals surface area contributed by atoms with E-state index in [1.807, 2.05) is 0 Å². The second-order valence-corrected chi connectivity index (χ2v) is 2.99. The lowest BCUT2D eigenvalue weighted by atomic mass is 9.92. The molecule has 0 aromatic rings. The zero-order valence-electron chi connectivity index (χ0n) is 7.19. The highest BCUT2D eigenvalue weighted by atomic mass is 14.6. The second kappa shape index (κ2) is 4.65. The van der Waals surface area contributed by atoms with E-state index in [1.54, 1.807) is 0 Å². The highest BCUT2D eigenvalue weighted by Crippen LogP contribution is 2.20. The van der Waals surface area contributed by atoms with Crippen LogP contribution in [0.1, 0.15) is 25.7 Å². The average Bonchev–Trinajstić information content (AvgIpc) is 2.09. The van der Waals surface area contributed by atoms with Gasteiger partial charge in [0.15, 0.2) is 0 Å². The lowest BCUT2D eigenvalue weighted by Gasteiger charge is -2.17. The van der Waals surface area contributed by atoms with Gasteiger partial charge >= 0.3 is 0 Å². The van der Waals surface area contributed by atoms with E-state index in [1.165, 1.54) is 5.57 Å². The highest BCUT2D eigenvalue weighted by Gasteiger charge is 2.11. The fourth-order valence-corrected chi connectivity index (χ4v) is 1.28. The maximum absolute atomic E-state index is 5.75. The van der Waals surface area contributed by atoms with Crippen molar-refractivity contribution in [3.8, 4) is 0 Å². The van der Waals surface area contributed by atoms with Crippen LogP contribution in [-0.2, 0) is 0 Å². The van der Waals surface area contributed by atoms with Gasteiger partial charge in [-0.3, -0.25) is 0 Å². The van der Waals surface area contributed by atoms with Crippen molar-refractivity contribution in [1.29, 1.82) is 0 Å². The maximum atomic E-state index is 5.75. The molecule has 2 N–H and O–H groups in total. The van der Waals surface area contributed by atoms with E-state index in [0.717, 1.165) is 25.7 Å². The Labute approximate surface area is 73.3 Å². The number of hydrogen-bond acceptors (Lipinski definition) is 1. The van der Waals surface area contributed by atoms with Gasteiger partial charge in [0.1, 0.15) is 0 Å². The normalized spacial score (nSPS) is 21.8. The molecule has 0 saturated heterocycles. The molecule has 1 aliphatic rings. The minimum atomic E-state index is 0.384. The molecule has 0 atom stereocenters. The van der Waals surface area contributed by atoms with Crippen molar-refractivity contribution in [1.82, 2.24) is 0 Å². The van der Waals surface area contributed by atoms with Crippen molar-refractivity contribution in [2.24, 2.45) is 5.73 Å². The number of nitrogens with two attached hydrogens (primary N) is 1. The Morgan fingerprint density at radius 3 is 2.50 bits per heavy atom. The molecule has 0 aliphatic heterocycles. The van der Waals surface area contributed by atoms with Crippen LogP contribution in [0.5, 0.6) is 0 Å². The van der Waals surface area contributed by atoms with Crippen LogP contribution >= 0.6 is 0 Å². The predicted molar refractivity (Wildman–Crippen MR) is 49.6 cm³/mol. The van der Waals surface area contributed by atoms with Crippen molar-refractivity contribution in [3.05, 3.63) is 35.1 Å². The molecular formula is C11H13N. The third kappa shape index (κ3) is 2.82. The predicted octanol–water partition coefficient (Wildman–Crippen LogP) is 2.06. The standard InChI is InChI=1S/C11H13N/c1-2-3-4-5-10-6-8-11(12)9-7-10/h11H,1,6-9,12H2. The monoisotopic (exact) mass is 159 g/mol.